The Morgan fingerprint density at radius 2 is 2.36 bits per heavy atom. The Hall–Kier alpha value is -1.37. The van der Waals surface area contributed by atoms with Gasteiger partial charge in [-0.2, -0.15) is 0 Å². The van der Waals surface area contributed by atoms with E-state index in [-0.39, 0.29) is 24.3 Å². The maximum absolute atomic E-state index is 12.0. The van der Waals surface area contributed by atoms with Gasteiger partial charge >= 0.3 is 0 Å². The number of carbonyl (C=O) groups excluding carboxylic acids is 1. The predicted molar refractivity (Wildman–Crippen MR) is 85.5 cm³/mol. The summed E-state index contributed by atoms with van der Waals surface area (Å²) in [5.74, 6) is 0.203. The summed E-state index contributed by atoms with van der Waals surface area (Å²) < 4.78 is 11.5. The fourth-order valence-electron chi connectivity index (χ4n) is 2.70. The van der Waals surface area contributed by atoms with Gasteiger partial charge in [-0.3, -0.25) is 4.79 Å². The van der Waals surface area contributed by atoms with Crippen LogP contribution < -0.4 is 5.32 Å². The molecule has 0 saturated carbocycles. The number of hydrogen-bond donors (Lipinski definition) is 2. The van der Waals surface area contributed by atoms with Gasteiger partial charge in [0, 0.05) is 37.0 Å². The van der Waals surface area contributed by atoms with Crippen LogP contribution in [0.15, 0.2) is 29.3 Å². The highest BCUT2D eigenvalue weighted by molar-refractivity contribution is 7.10. The molecule has 3 atom stereocenters. The van der Waals surface area contributed by atoms with Crippen molar-refractivity contribution in [1.29, 1.82) is 0 Å². The predicted octanol–water partition coefficient (Wildman–Crippen LogP) is 2.24. The number of allylic oxidation sites excluding steroid dienone is 1. The zero-order valence-corrected chi connectivity index (χ0v) is 13.8. The molecule has 1 aliphatic heterocycles. The molecule has 122 valence electrons. The molecule has 0 radical (unpaired) electrons. The summed E-state index contributed by atoms with van der Waals surface area (Å²) in [5, 5.41) is 13.8. The van der Waals surface area contributed by atoms with Crippen molar-refractivity contribution in [2.45, 2.75) is 32.0 Å². The van der Waals surface area contributed by atoms with Crippen LogP contribution in [0.4, 0.5) is 0 Å². The van der Waals surface area contributed by atoms with Crippen LogP contribution in [0.25, 0.3) is 0 Å². The van der Waals surface area contributed by atoms with Gasteiger partial charge in [0.2, 0.25) is 6.29 Å². The Morgan fingerprint density at radius 1 is 1.55 bits per heavy atom. The van der Waals surface area contributed by atoms with Crippen molar-refractivity contribution in [2.75, 3.05) is 20.3 Å². The maximum Gasteiger partial charge on any atom is 0.285 e. The van der Waals surface area contributed by atoms with Crippen LogP contribution >= 0.6 is 11.3 Å². The Kier molecular flexibility index (Phi) is 6.42. The lowest BCUT2D eigenvalue weighted by Gasteiger charge is -2.36. The van der Waals surface area contributed by atoms with Gasteiger partial charge in [-0.05, 0) is 37.3 Å². The van der Waals surface area contributed by atoms with Crippen LogP contribution in [-0.2, 0) is 14.3 Å². The second-order valence-electron chi connectivity index (χ2n) is 5.12. The number of aliphatic hydroxyl groups is 1. The molecule has 1 aromatic rings. The molecule has 0 bridgehead atoms. The van der Waals surface area contributed by atoms with Gasteiger partial charge in [0.15, 0.2) is 5.76 Å². The zero-order chi connectivity index (χ0) is 15.9. The first-order valence-electron chi connectivity index (χ1n) is 7.57. The molecule has 6 heteroatoms. The average Bonchev–Trinajstić information content (AvgIpc) is 3.06. The van der Waals surface area contributed by atoms with Crippen molar-refractivity contribution in [3.05, 3.63) is 34.2 Å². The molecule has 2 heterocycles. The molecule has 0 spiro atoms. The van der Waals surface area contributed by atoms with Gasteiger partial charge in [0.05, 0.1) is 0 Å². The van der Waals surface area contributed by atoms with Crippen LogP contribution in [0.1, 0.15) is 30.6 Å². The van der Waals surface area contributed by atoms with Crippen molar-refractivity contribution in [2.24, 2.45) is 5.92 Å². The molecule has 2 N–H and O–H groups in total. The summed E-state index contributed by atoms with van der Waals surface area (Å²) in [7, 11) is 1.58. The zero-order valence-electron chi connectivity index (χ0n) is 13.0. The molecule has 2 rings (SSSR count). The molecule has 22 heavy (non-hydrogen) atoms. The minimum Gasteiger partial charge on any atom is -0.459 e. The van der Waals surface area contributed by atoms with Crippen LogP contribution in [0.2, 0.25) is 0 Å². The number of ether oxygens (including phenoxy) is 2. The van der Waals surface area contributed by atoms with E-state index in [1.54, 1.807) is 18.4 Å². The van der Waals surface area contributed by atoms with Crippen molar-refractivity contribution < 1.29 is 19.4 Å². The second kappa shape index (κ2) is 8.31. The summed E-state index contributed by atoms with van der Waals surface area (Å²) in [4.78, 5) is 13.1. The van der Waals surface area contributed by atoms with E-state index in [2.05, 4.69) is 11.4 Å². The highest BCUT2D eigenvalue weighted by atomic mass is 32.1. The molecule has 5 nitrogen and oxygen atoms in total. The average molecular weight is 325 g/mol. The molecule has 1 amide bonds. The second-order valence-corrected chi connectivity index (χ2v) is 6.10. The molecular weight excluding hydrogens is 302 g/mol. The molecule has 0 fully saturated rings. The highest BCUT2D eigenvalue weighted by Gasteiger charge is 2.37. The molecule has 1 aliphatic rings. The first-order chi connectivity index (χ1) is 10.7. The lowest BCUT2D eigenvalue weighted by Crippen LogP contribution is -2.38. The number of rotatable bonds is 7. The number of likely N-dealkylation sites (N-methyl/N-ethyl adjacent to an activating group) is 1. The van der Waals surface area contributed by atoms with Gasteiger partial charge < -0.3 is 19.9 Å². The van der Waals surface area contributed by atoms with E-state index in [0.717, 1.165) is 6.42 Å². The highest BCUT2D eigenvalue weighted by Crippen LogP contribution is 2.40. The first kappa shape index (κ1) is 17.0. The third-order valence-corrected chi connectivity index (χ3v) is 4.71. The third-order valence-electron chi connectivity index (χ3n) is 3.73. The van der Waals surface area contributed by atoms with Gasteiger partial charge in [0.25, 0.3) is 5.91 Å². The van der Waals surface area contributed by atoms with E-state index in [0.29, 0.717) is 18.8 Å². The molecule has 1 aromatic heterocycles. The van der Waals surface area contributed by atoms with Gasteiger partial charge in [-0.1, -0.05) is 6.07 Å². The SMILES string of the molecule is CCO[C@@H]1OC(C(=O)NC)=C[C@H](c2cccs2)[C@H]1CCCO. The normalized spacial score (nSPS) is 24.5. The third kappa shape index (κ3) is 3.88. The lowest BCUT2D eigenvalue weighted by molar-refractivity contribution is -0.166. The van der Waals surface area contributed by atoms with Crippen LogP contribution in [0.3, 0.4) is 0 Å². The Labute approximate surface area is 134 Å². The van der Waals surface area contributed by atoms with E-state index in [4.69, 9.17) is 14.6 Å². The number of nitrogens with one attached hydrogen (secondary N) is 1. The van der Waals surface area contributed by atoms with Gasteiger partial charge in [-0.15, -0.1) is 11.3 Å². The summed E-state index contributed by atoms with van der Waals surface area (Å²) in [6, 6.07) is 4.06. The van der Waals surface area contributed by atoms with Crippen molar-refractivity contribution in [3.8, 4) is 0 Å². The van der Waals surface area contributed by atoms with Crippen molar-refractivity contribution in [3.63, 3.8) is 0 Å². The number of thiophene rings is 1. The van der Waals surface area contributed by atoms with Gasteiger partial charge in [-0.25, -0.2) is 0 Å². The van der Waals surface area contributed by atoms with E-state index < -0.39 is 6.29 Å². The number of aliphatic hydroxyl groups excluding tert-OH is 1. The summed E-state index contributed by atoms with van der Waals surface area (Å²) in [5.41, 5.74) is 0. The Morgan fingerprint density at radius 3 is 2.95 bits per heavy atom. The van der Waals surface area contributed by atoms with Crippen molar-refractivity contribution in [1.82, 2.24) is 5.32 Å². The maximum atomic E-state index is 12.0. The number of amides is 1. The smallest absolute Gasteiger partial charge is 0.285 e. The minimum absolute atomic E-state index is 0.0594. The van der Waals surface area contributed by atoms with E-state index >= 15 is 0 Å². The summed E-state index contributed by atoms with van der Waals surface area (Å²) >= 11 is 1.66. The largest absolute Gasteiger partial charge is 0.459 e. The van der Waals surface area contributed by atoms with E-state index in [1.807, 2.05) is 24.4 Å². The monoisotopic (exact) mass is 325 g/mol. The fraction of sp³-hybridized carbons (Fsp3) is 0.562. The van der Waals surface area contributed by atoms with Gasteiger partial charge in [0.1, 0.15) is 0 Å². The van der Waals surface area contributed by atoms with E-state index in [1.165, 1.54) is 4.88 Å². The van der Waals surface area contributed by atoms with Crippen LogP contribution in [0.5, 0.6) is 0 Å². The standard InChI is InChI=1S/C16H23NO4S/c1-3-20-16-11(6-4-8-18)12(14-7-5-9-22-14)10-13(21-16)15(19)17-2/h5,7,9-12,16,18H,3-4,6,8H2,1-2H3,(H,17,19)/t11-,12+,16-/m1/s1. The quantitative estimate of drug-likeness (QED) is 0.807. The molecule has 0 unspecified atom stereocenters. The number of hydrogen-bond acceptors (Lipinski definition) is 5. The first-order valence-corrected chi connectivity index (χ1v) is 8.45. The summed E-state index contributed by atoms with van der Waals surface area (Å²) in [6.45, 7) is 2.56. The summed E-state index contributed by atoms with van der Waals surface area (Å²) in [6.07, 6.45) is 2.87. The van der Waals surface area contributed by atoms with E-state index in [9.17, 15) is 4.79 Å². The van der Waals surface area contributed by atoms with Crippen molar-refractivity contribution >= 4 is 17.2 Å². The van der Waals surface area contributed by atoms with Crippen LogP contribution in [-0.4, -0.2) is 37.6 Å². The topological polar surface area (TPSA) is 67.8 Å². The molecule has 0 saturated heterocycles. The molecule has 0 aliphatic carbocycles. The minimum atomic E-state index is -0.471. The fourth-order valence-corrected chi connectivity index (χ4v) is 3.57. The Balaban J connectivity index is 2.33. The Bertz CT molecular complexity index is 500. The lowest BCUT2D eigenvalue weighted by atomic mass is 9.84. The van der Waals surface area contributed by atoms with Crippen LogP contribution in [0, 0.1) is 5.92 Å². The number of carbonyl (C=O) groups is 1. The molecule has 0 aromatic carbocycles. The molecular formula is C16H23NO4S.